The van der Waals surface area contributed by atoms with Crippen molar-refractivity contribution in [3.8, 4) is 0 Å². The Labute approximate surface area is 90.4 Å². The van der Waals surface area contributed by atoms with Gasteiger partial charge in [0.1, 0.15) is 0 Å². The van der Waals surface area contributed by atoms with Crippen LogP contribution in [0.1, 0.15) is 19.8 Å². The molecule has 0 aromatic heterocycles. The normalized spacial score (nSPS) is 11.6. The molecule has 0 unspecified atom stereocenters. The summed E-state index contributed by atoms with van der Waals surface area (Å²) in [6.45, 7) is 5.85. The molecule has 88 valence electrons. The quantitative estimate of drug-likeness (QED) is 0.628. The van der Waals surface area contributed by atoms with E-state index in [4.69, 9.17) is 5.11 Å². The van der Waals surface area contributed by atoms with Crippen molar-refractivity contribution in [1.29, 1.82) is 0 Å². The molecule has 0 fully saturated rings. The van der Waals surface area contributed by atoms with Crippen LogP contribution in [0.3, 0.4) is 0 Å². The lowest BCUT2D eigenvalue weighted by Gasteiger charge is -2.18. The number of carboxylic acid groups (broad SMARTS) is 1. The Bertz CT molecular complexity index is 310. The third-order valence-electron chi connectivity index (χ3n) is 1.87. The van der Waals surface area contributed by atoms with Crippen molar-refractivity contribution in [2.45, 2.75) is 19.8 Å². The molecule has 0 amide bonds. The first-order valence-corrected chi connectivity index (χ1v) is 6.35. The summed E-state index contributed by atoms with van der Waals surface area (Å²) in [5.74, 6) is -1.10. The smallest absolute Gasteiger partial charge is 0.303 e. The van der Waals surface area contributed by atoms with Crippen molar-refractivity contribution < 1.29 is 18.3 Å². The van der Waals surface area contributed by atoms with Crippen molar-refractivity contribution in [2.75, 3.05) is 18.8 Å². The van der Waals surface area contributed by atoms with Gasteiger partial charge in [-0.25, -0.2) is 8.42 Å². The van der Waals surface area contributed by atoms with Crippen LogP contribution in [0.15, 0.2) is 12.7 Å². The molecule has 0 aromatic rings. The Kier molecular flexibility index (Phi) is 6.19. The molecule has 0 bridgehead atoms. The van der Waals surface area contributed by atoms with E-state index in [0.29, 0.717) is 6.54 Å². The van der Waals surface area contributed by atoms with Crippen LogP contribution in [-0.4, -0.2) is 42.6 Å². The summed E-state index contributed by atoms with van der Waals surface area (Å²) < 4.78 is 24.5. The summed E-state index contributed by atoms with van der Waals surface area (Å²) in [4.78, 5) is 10.2. The number of sulfonamides is 1. The van der Waals surface area contributed by atoms with Crippen LogP contribution in [0, 0.1) is 0 Å². The lowest BCUT2D eigenvalue weighted by atomic mass is 10.3. The summed E-state index contributed by atoms with van der Waals surface area (Å²) >= 11 is 0. The topological polar surface area (TPSA) is 74.7 Å². The minimum atomic E-state index is -3.33. The molecule has 0 aliphatic rings. The van der Waals surface area contributed by atoms with Gasteiger partial charge in [-0.3, -0.25) is 4.79 Å². The summed E-state index contributed by atoms with van der Waals surface area (Å²) in [6.07, 6.45) is 1.54. The predicted molar refractivity (Wildman–Crippen MR) is 58.1 cm³/mol. The molecule has 0 heterocycles. The van der Waals surface area contributed by atoms with Gasteiger partial charge in [0.25, 0.3) is 0 Å². The molecule has 0 aliphatic heterocycles. The number of rotatable bonds is 8. The Balaban J connectivity index is 4.26. The van der Waals surface area contributed by atoms with Gasteiger partial charge in [0.05, 0.1) is 5.75 Å². The van der Waals surface area contributed by atoms with E-state index >= 15 is 0 Å². The predicted octanol–water partition coefficient (Wildman–Crippen LogP) is 0.689. The molecule has 6 heteroatoms. The Morgan fingerprint density at radius 1 is 1.53 bits per heavy atom. The average molecular weight is 235 g/mol. The second kappa shape index (κ2) is 6.58. The highest BCUT2D eigenvalue weighted by atomic mass is 32.2. The highest BCUT2D eigenvalue weighted by Gasteiger charge is 2.18. The van der Waals surface area contributed by atoms with Crippen LogP contribution in [0.25, 0.3) is 0 Å². The molecule has 15 heavy (non-hydrogen) atoms. The van der Waals surface area contributed by atoms with Crippen LogP contribution >= 0.6 is 0 Å². The Morgan fingerprint density at radius 3 is 2.53 bits per heavy atom. The molecule has 0 spiro atoms. The van der Waals surface area contributed by atoms with Crippen LogP contribution in [-0.2, 0) is 14.8 Å². The van der Waals surface area contributed by atoms with Gasteiger partial charge in [-0.1, -0.05) is 13.0 Å². The molecule has 0 saturated carbocycles. The van der Waals surface area contributed by atoms with E-state index in [0.717, 1.165) is 0 Å². The molecule has 0 saturated heterocycles. The zero-order valence-electron chi connectivity index (χ0n) is 8.85. The fraction of sp³-hybridized carbons (Fsp3) is 0.667. The van der Waals surface area contributed by atoms with E-state index in [2.05, 4.69) is 6.58 Å². The maximum absolute atomic E-state index is 11.6. The maximum atomic E-state index is 11.6. The van der Waals surface area contributed by atoms with Crippen molar-refractivity contribution in [3.05, 3.63) is 12.7 Å². The van der Waals surface area contributed by atoms with Crippen molar-refractivity contribution in [2.24, 2.45) is 0 Å². The average Bonchev–Trinajstić information content (AvgIpc) is 2.12. The van der Waals surface area contributed by atoms with E-state index < -0.39 is 16.0 Å². The summed E-state index contributed by atoms with van der Waals surface area (Å²) in [6, 6.07) is 0. The molecule has 0 aromatic carbocycles. The van der Waals surface area contributed by atoms with Crippen LogP contribution in [0.2, 0.25) is 0 Å². The molecule has 0 radical (unpaired) electrons. The minimum absolute atomic E-state index is 0.120. The first-order chi connectivity index (χ1) is 6.94. The lowest BCUT2D eigenvalue weighted by molar-refractivity contribution is -0.137. The standard InChI is InChI=1S/C9H17NO4S/c1-3-7-10(4-2)15(13,14)8-5-6-9(11)12/h3H,1,4-8H2,2H3,(H,11,12). The van der Waals surface area contributed by atoms with Gasteiger partial charge in [0.15, 0.2) is 0 Å². The van der Waals surface area contributed by atoms with E-state index in [9.17, 15) is 13.2 Å². The van der Waals surface area contributed by atoms with E-state index in [1.165, 1.54) is 10.4 Å². The second-order valence-corrected chi connectivity index (χ2v) is 5.14. The Hall–Kier alpha value is -0.880. The van der Waals surface area contributed by atoms with Gasteiger partial charge in [0.2, 0.25) is 10.0 Å². The molecule has 1 N–H and O–H groups in total. The number of carbonyl (C=O) groups is 1. The maximum Gasteiger partial charge on any atom is 0.303 e. The highest BCUT2D eigenvalue weighted by molar-refractivity contribution is 7.89. The fourth-order valence-electron chi connectivity index (χ4n) is 1.12. The van der Waals surface area contributed by atoms with Crippen LogP contribution < -0.4 is 0 Å². The fourth-order valence-corrected chi connectivity index (χ4v) is 2.61. The van der Waals surface area contributed by atoms with E-state index in [-0.39, 0.29) is 25.1 Å². The summed E-state index contributed by atoms with van der Waals surface area (Å²) in [5, 5.41) is 8.38. The SMILES string of the molecule is C=CCN(CC)S(=O)(=O)CCCC(=O)O. The molecule has 0 rings (SSSR count). The molecule has 0 aliphatic carbocycles. The summed E-state index contributed by atoms with van der Waals surface area (Å²) in [5.41, 5.74) is 0. The van der Waals surface area contributed by atoms with Crippen LogP contribution in [0.5, 0.6) is 0 Å². The molecular weight excluding hydrogens is 218 g/mol. The molecular formula is C9H17NO4S. The highest BCUT2D eigenvalue weighted by Crippen LogP contribution is 2.04. The van der Waals surface area contributed by atoms with Crippen molar-refractivity contribution in [1.82, 2.24) is 4.31 Å². The van der Waals surface area contributed by atoms with Gasteiger partial charge in [-0.05, 0) is 6.42 Å². The van der Waals surface area contributed by atoms with Gasteiger partial charge in [-0.15, -0.1) is 6.58 Å². The van der Waals surface area contributed by atoms with Gasteiger partial charge in [-0.2, -0.15) is 4.31 Å². The van der Waals surface area contributed by atoms with Crippen molar-refractivity contribution >= 4 is 16.0 Å². The molecule has 0 atom stereocenters. The monoisotopic (exact) mass is 235 g/mol. The Morgan fingerprint density at radius 2 is 2.13 bits per heavy atom. The number of carboxylic acids is 1. The third-order valence-corrected chi connectivity index (χ3v) is 3.87. The zero-order chi connectivity index (χ0) is 11.9. The summed E-state index contributed by atoms with van der Waals surface area (Å²) in [7, 11) is -3.33. The lowest BCUT2D eigenvalue weighted by Crippen LogP contribution is -2.33. The molecule has 5 nitrogen and oxygen atoms in total. The first kappa shape index (κ1) is 14.1. The number of hydrogen-bond donors (Lipinski definition) is 1. The minimum Gasteiger partial charge on any atom is -0.481 e. The number of nitrogens with zero attached hydrogens (tertiary/aromatic N) is 1. The largest absolute Gasteiger partial charge is 0.481 e. The van der Waals surface area contributed by atoms with Crippen LogP contribution in [0.4, 0.5) is 0 Å². The number of aliphatic carboxylic acids is 1. The van der Waals surface area contributed by atoms with Gasteiger partial charge >= 0.3 is 5.97 Å². The second-order valence-electron chi connectivity index (χ2n) is 3.05. The van der Waals surface area contributed by atoms with Gasteiger partial charge < -0.3 is 5.11 Å². The number of hydrogen-bond acceptors (Lipinski definition) is 3. The van der Waals surface area contributed by atoms with Crippen molar-refractivity contribution in [3.63, 3.8) is 0 Å². The first-order valence-electron chi connectivity index (χ1n) is 4.74. The van der Waals surface area contributed by atoms with Gasteiger partial charge in [0, 0.05) is 19.5 Å². The number of likely N-dealkylation sites (N-methyl/N-ethyl adjacent to an activating group) is 1. The zero-order valence-corrected chi connectivity index (χ0v) is 9.66. The van der Waals surface area contributed by atoms with E-state index in [1.54, 1.807) is 6.92 Å². The van der Waals surface area contributed by atoms with E-state index in [1.807, 2.05) is 0 Å². The third kappa shape index (κ3) is 5.54.